The highest BCUT2D eigenvalue weighted by molar-refractivity contribution is 6.28. The van der Waals surface area contributed by atoms with Gasteiger partial charge in [-0.05, 0) is 17.5 Å². The molecule has 0 aromatic carbocycles. The minimum Gasteiger partial charge on any atom is -0.394 e. The number of nitrogens with zero attached hydrogens (tertiary/aromatic N) is 4. The average molecular weight is 374 g/mol. The van der Waals surface area contributed by atoms with Crippen molar-refractivity contribution in [3.05, 3.63) is 11.6 Å². The number of imidazole rings is 1. The summed E-state index contributed by atoms with van der Waals surface area (Å²) < 4.78 is 6.93. The molecule has 1 aliphatic heterocycles. The zero-order valence-electron chi connectivity index (χ0n) is 13.7. The summed E-state index contributed by atoms with van der Waals surface area (Å²) in [6.07, 6.45) is -2.95. The van der Waals surface area contributed by atoms with Crippen LogP contribution in [0.4, 0.5) is 5.82 Å². The molecule has 0 amide bonds. The average Bonchev–Trinajstić information content (AvgIpc) is 3.09. The molecule has 0 bridgehead atoms. The summed E-state index contributed by atoms with van der Waals surface area (Å²) >= 11 is 5.97. The zero-order valence-corrected chi connectivity index (χ0v) is 14.5. The predicted molar refractivity (Wildman–Crippen MR) is 87.8 cm³/mol. The number of hydrogen-bond donors (Lipinski definition) is 4. The second kappa shape index (κ2) is 7.36. The molecule has 1 saturated heterocycles. The minimum atomic E-state index is -1.25. The number of halogens is 1. The molecule has 4 atom stereocenters. The summed E-state index contributed by atoms with van der Waals surface area (Å²) in [5, 5.41) is 29.3. The van der Waals surface area contributed by atoms with Gasteiger partial charge in [-0.2, -0.15) is 9.97 Å². The third-order valence-electron chi connectivity index (χ3n) is 3.77. The van der Waals surface area contributed by atoms with E-state index in [0.717, 1.165) is 0 Å². The van der Waals surface area contributed by atoms with Crippen LogP contribution in [0.3, 0.4) is 0 Å². The molecule has 3 rings (SSSR count). The monoisotopic (exact) mass is 373 g/mol. The van der Waals surface area contributed by atoms with E-state index in [1.54, 1.807) is 0 Å². The van der Waals surface area contributed by atoms with E-state index in [9.17, 15) is 15.3 Å². The Labute approximate surface area is 148 Å². The number of aliphatic hydroxyl groups excluding tert-OH is 3. The molecule has 1 aliphatic rings. The summed E-state index contributed by atoms with van der Waals surface area (Å²) in [7, 11) is 0. The highest BCUT2D eigenvalue weighted by Crippen LogP contribution is 2.32. The van der Waals surface area contributed by atoms with Crippen molar-refractivity contribution in [2.24, 2.45) is 5.92 Å². The van der Waals surface area contributed by atoms with Crippen molar-refractivity contribution in [2.45, 2.75) is 38.4 Å². The lowest BCUT2D eigenvalue weighted by molar-refractivity contribution is -0.0511. The lowest BCUT2D eigenvalue weighted by Crippen LogP contribution is -2.33. The van der Waals surface area contributed by atoms with Crippen LogP contribution < -0.4 is 5.48 Å². The molecule has 25 heavy (non-hydrogen) atoms. The molecule has 10 nitrogen and oxygen atoms in total. The third-order valence-corrected chi connectivity index (χ3v) is 3.94. The minimum absolute atomic E-state index is 0.0448. The molecular weight excluding hydrogens is 354 g/mol. The van der Waals surface area contributed by atoms with Crippen molar-refractivity contribution < 1.29 is 24.9 Å². The largest absolute Gasteiger partial charge is 0.394 e. The fraction of sp³-hybridized carbons (Fsp3) is 0.643. The van der Waals surface area contributed by atoms with Gasteiger partial charge >= 0.3 is 0 Å². The molecule has 1 fully saturated rings. The fourth-order valence-corrected chi connectivity index (χ4v) is 2.70. The molecule has 0 saturated carbocycles. The van der Waals surface area contributed by atoms with Crippen LogP contribution in [0.1, 0.15) is 20.1 Å². The van der Waals surface area contributed by atoms with Crippen LogP contribution in [0.25, 0.3) is 11.2 Å². The first kappa shape index (κ1) is 18.2. The molecule has 3 heterocycles. The first-order chi connectivity index (χ1) is 11.9. The Morgan fingerprint density at radius 2 is 2.12 bits per heavy atom. The molecule has 2 aromatic heterocycles. The first-order valence-corrected chi connectivity index (χ1v) is 8.20. The number of ether oxygens (including phenoxy) is 1. The third kappa shape index (κ3) is 3.54. The Morgan fingerprint density at radius 1 is 1.36 bits per heavy atom. The number of rotatable bonds is 6. The Bertz CT molecular complexity index is 742. The van der Waals surface area contributed by atoms with Crippen LogP contribution >= 0.6 is 11.6 Å². The van der Waals surface area contributed by atoms with Gasteiger partial charge in [-0.1, -0.05) is 13.8 Å². The molecule has 4 N–H and O–H groups in total. The van der Waals surface area contributed by atoms with Crippen LogP contribution in [0.5, 0.6) is 0 Å². The Morgan fingerprint density at radius 3 is 2.76 bits per heavy atom. The van der Waals surface area contributed by atoms with E-state index in [1.165, 1.54) is 10.9 Å². The summed E-state index contributed by atoms with van der Waals surface area (Å²) in [6, 6.07) is 0. The SMILES string of the molecule is CC(C)CONc1nc(Cl)nc2c1ncn2[C@@H]1O[C@H](CO)[C@@H](O)[C@H]1O. The molecule has 0 aliphatic carbocycles. The van der Waals surface area contributed by atoms with E-state index in [0.29, 0.717) is 23.7 Å². The second-order valence-corrected chi connectivity index (χ2v) is 6.54. The number of fused-ring (bicyclic) bond motifs is 1. The fourth-order valence-electron chi connectivity index (χ4n) is 2.53. The van der Waals surface area contributed by atoms with Crippen molar-refractivity contribution in [3.8, 4) is 0 Å². The maximum absolute atomic E-state index is 10.2. The molecule has 0 unspecified atom stereocenters. The van der Waals surface area contributed by atoms with Crippen molar-refractivity contribution in [3.63, 3.8) is 0 Å². The van der Waals surface area contributed by atoms with E-state index in [4.69, 9.17) is 21.2 Å². The van der Waals surface area contributed by atoms with E-state index < -0.39 is 31.1 Å². The first-order valence-electron chi connectivity index (χ1n) is 7.82. The zero-order chi connectivity index (χ0) is 18.1. The predicted octanol–water partition coefficient (Wildman–Crippen LogP) is 0.0907. The lowest BCUT2D eigenvalue weighted by Gasteiger charge is -2.16. The van der Waals surface area contributed by atoms with Crippen LogP contribution in [-0.4, -0.2) is 66.4 Å². The van der Waals surface area contributed by atoms with Gasteiger partial charge in [0.2, 0.25) is 5.28 Å². The molecule has 0 spiro atoms. The number of nitrogens with one attached hydrogen (secondary N) is 1. The molecular formula is C14H20ClN5O5. The van der Waals surface area contributed by atoms with Gasteiger partial charge in [0.15, 0.2) is 23.2 Å². The molecule has 0 radical (unpaired) electrons. The van der Waals surface area contributed by atoms with Gasteiger partial charge in [0.25, 0.3) is 0 Å². The normalized spacial score (nSPS) is 26.7. The van der Waals surface area contributed by atoms with Gasteiger partial charge in [-0.15, -0.1) is 0 Å². The Kier molecular flexibility index (Phi) is 5.37. The number of hydrogen-bond acceptors (Lipinski definition) is 9. The highest BCUT2D eigenvalue weighted by Gasteiger charge is 2.44. The lowest BCUT2D eigenvalue weighted by atomic mass is 10.1. The van der Waals surface area contributed by atoms with Crippen molar-refractivity contribution in [1.29, 1.82) is 0 Å². The standard InChI is InChI=1S/C14H20ClN5O5/c1-6(2)4-24-19-11-8-12(18-14(15)17-11)20(5-16-8)13-10(23)9(22)7(3-21)25-13/h5-7,9-10,13,21-23H,3-4H2,1-2H3,(H,17,18,19)/t7-,9-,10-,13-/m1/s1. The number of aromatic nitrogens is 4. The number of anilines is 1. The van der Waals surface area contributed by atoms with Crippen LogP contribution in [0.2, 0.25) is 5.28 Å². The summed E-state index contributed by atoms with van der Waals surface area (Å²) in [5.41, 5.74) is 3.36. The van der Waals surface area contributed by atoms with E-state index in [-0.39, 0.29) is 11.1 Å². The topological polar surface area (TPSA) is 135 Å². The molecule has 2 aromatic rings. The van der Waals surface area contributed by atoms with Gasteiger partial charge in [0, 0.05) is 0 Å². The van der Waals surface area contributed by atoms with Crippen LogP contribution in [0, 0.1) is 5.92 Å². The summed E-state index contributed by atoms with van der Waals surface area (Å²) in [5.74, 6) is 0.595. The smallest absolute Gasteiger partial charge is 0.226 e. The Balaban J connectivity index is 1.92. The summed E-state index contributed by atoms with van der Waals surface area (Å²) in [4.78, 5) is 17.7. The van der Waals surface area contributed by atoms with E-state index in [2.05, 4.69) is 20.4 Å². The summed E-state index contributed by atoms with van der Waals surface area (Å²) in [6.45, 7) is 4.03. The van der Waals surface area contributed by atoms with Crippen molar-refractivity contribution >= 4 is 28.6 Å². The molecule has 138 valence electrons. The van der Waals surface area contributed by atoms with E-state index >= 15 is 0 Å². The number of aliphatic hydroxyl groups is 3. The van der Waals surface area contributed by atoms with Gasteiger partial charge in [0.1, 0.15) is 18.3 Å². The Hall–Kier alpha value is -1.56. The van der Waals surface area contributed by atoms with Crippen molar-refractivity contribution in [2.75, 3.05) is 18.7 Å². The second-order valence-electron chi connectivity index (χ2n) is 6.20. The van der Waals surface area contributed by atoms with Crippen LogP contribution in [0.15, 0.2) is 6.33 Å². The van der Waals surface area contributed by atoms with Gasteiger partial charge in [-0.3, -0.25) is 9.40 Å². The van der Waals surface area contributed by atoms with E-state index in [1.807, 2.05) is 13.8 Å². The maximum Gasteiger partial charge on any atom is 0.226 e. The molecule has 11 heteroatoms. The quantitative estimate of drug-likeness (QED) is 0.410. The van der Waals surface area contributed by atoms with Gasteiger partial charge < -0.3 is 20.1 Å². The van der Waals surface area contributed by atoms with Gasteiger partial charge in [0.05, 0.1) is 19.5 Å². The highest BCUT2D eigenvalue weighted by atomic mass is 35.5. The van der Waals surface area contributed by atoms with Crippen molar-refractivity contribution in [1.82, 2.24) is 19.5 Å². The van der Waals surface area contributed by atoms with Gasteiger partial charge in [-0.25, -0.2) is 10.5 Å². The maximum atomic E-state index is 10.2. The van der Waals surface area contributed by atoms with Crippen LogP contribution in [-0.2, 0) is 9.57 Å².